The highest BCUT2D eigenvalue weighted by Gasteiger charge is 2.30. The van der Waals surface area contributed by atoms with Crippen LogP contribution in [0.4, 0.5) is 15.8 Å². The van der Waals surface area contributed by atoms with Gasteiger partial charge in [-0.1, -0.05) is 18.2 Å². The minimum atomic E-state index is -0.732. The van der Waals surface area contributed by atoms with E-state index in [1.807, 2.05) is 6.07 Å². The van der Waals surface area contributed by atoms with Crippen LogP contribution in [0.15, 0.2) is 53.5 Å². The highest BCUT2D eigenvalue weighted by Crippen LogP contribution is 2.21. The average Bonchev–Trinajstić information content (AvgIpc) is 2.64. The van der Waals surface area contributed by atoms with Gasteiger partial charge in [0.05, 0.1) is 12.8 Å². The second-order valence-corrected chi connectivity index (χ2v) is 5.58. The Morgan fingerprint density at radius 2 is 2.00 bits per heavy atom. The lowest BCUT2D eigenvalue weighted by Gasteiger charge is -2.30. The first-order valence-electron chi connectivity index (χ1n) is 7.88. The molecule has 3 rings (SSSR count). The lowest BCUT2D eigenvalue weighted by molar-refractivity contribution is -0.120. The number of amidine groups is 1. The lowest BCUT2D eigenvalue weighted by Crippen LogP contribution is -2.57. The summed E-state index contributed by atoms with van der Waals surface area (Å²) < 4.78 is 18.6. The number of aliphatic imine (C=N–C) groups is 1. The summed E-state index contributed by atoms with van der Waals surface area (Å²) in [4.78, 5) is 28.9. The van der Waals surface area contributed by atoms with Crippen LogP contribution in [0.1, 0.15) is 6.92 Å². The van der Waals surface area contributed by atoms with Crippen molar-refractivity contribution in [1.29, 1.82) is 0 Å². The number of hydrazine groups is 1. The molecule has 0 aromatic heterocycles. The second kappa shape index (κ2) is 7.22. The molecule has 134 valence electrons. The van der Waals surface area contributed by atoms with Crippen LogP contribution in [0, 0.1) is 5.82 Å². The maximum atomic E-state index is 13.8. The van der Waals surface area contributed by atoms with Gasteiger partial charge in [-0.05, 0) is 31.2 Å². The van der Waals surface area contributed by atoms with Crippen LogP contribution in [0.3, 0.4) is 0 Å². The molecule has 2 amide bonds. The minimum absolute atomic E-state index is 0.0443. The Morgan fingerprint density at radius 3 is 2.65 bits per heavy atom. The van der Waals surface area contributed by atoms with Gasteiger partial charge in [0.15, 0.2) is 11.6 Å². The normalized spacial score (nSPS) is 16.6. The number of methoxy groups -OCH3 is 1. The van der Waals surface area contributed by atoms with Crippen LogP contribution in [-0.2, 0) is 9.59 Å². The molecule has 2 aromatic rings. The summed E-state index contributed by atoms with van der Waals surface area (Å²) in [5.74, 6) is -1.45. The summed E-state index contributed by atoms with van der Waals surface area (Å²) >= 11 is 0. The molecule has 0 fully saturated rings. The third-order valence-electron chi connectivity index (χ3n) is 3.76. The number of ether oxygens (including phenoxy) is 1. The summed E-state index contributed by atoms with van der Waals surface area (Å²) in [5.41, 5.74) is 3.54. The highest BCUT2D eigenvalue weighted by molar-refractivity contribution is 6.43. The molecule has 1 aliphatic heterocycles. The number of nitrogens with one attached hydrogen (secondary N) is 2. The summed E-state index contributed by atoms with van der Waals surface area (Å²) in [5, 5.41) is 3.81. The third-order valence-corrected chi connectivity index (χ3v) is 3.76. The molecule has 0 saturated carbocycles. The summed E-state index contributed by atoms with van der Waals surface area (Å²) in [6.45, 7) is 1.60. The standard InChI is InChI=1S/C18H17FN4O3/c1-11-18(25)23(13-6-4-3-5-7-13)22-16(20-11)17(24)21-12-8-9-15(26-2)14(19)10-12/h3-11H,1-2H3,(H,20,22)(H,21,24). The minimum Gasteiger partial charge on any atom is -0.494 e. The first-order valence-corrected chi connectivity index (χ1v) is 7.88. The molecular formula is C18H17FN4O3. The fraction of sp³-hybridized carbons (Fsp3) is 0.167. The van der Waals surface area contributed by atoms with Crippen molar-refractivity contribution in [2.45, 2.75) is 13.0 Å². The molecule has 2 N–H and O–H groups in total. The van der Waals surface area contributed by atoms with Gasteiger partial charge < -0.3 is 10.1 Å². The number of carbonyl (C=O) groups excluding carboxylic acids is 2. The molecule has 0 saturated heterocycles. The van der Waals surface area contributed by atoms with Crippen molar-refractivity contribution >= 4 is 29.0 Å². The predicted octanol–water partition coefficient (Wildman–Crippen LogP) is 2.11. The molecule has 7 nitrogen and oxygen atoms in total. The Balaban J connectivity index is 1.79. The van der Waals surface area contributed by atoms with Gasteiger partial charge in [0, 0.05) is 11.8 Å². The first-order chi connectivity index (χ1) is 12.5. The Morgan fingerprint density at radius 1 is 1.27 bits per heavy atom. The number of para-hydroxylation sites is 1. The van der Waals surface area contributed by atoms with E-state index in [2.05, 4.69) is 15.7 Å². The number of halogens is 1. The molecule has 1 heterocycles. The van der Waals surface area contributed by atoms with Crippen LogP contribution >= 0.6 is 0 Å². The number of amides is 2. The van der Waals surface area contributed by atoms with Crippen molar-refractivity contribution in [1.82, 2.24) is 5.43 Å². The van der Waals surface area contributed by atoms with E-state index in [1.54, 1.807) is 31.2 Å². The highest BCUT2D eigenvalue weighted by atomic mass is 19.1. The smallest absolute Gasteiger partial charge is 0.292 e. The number of anilines is 2. The molecule has 1 aliphatic rings. The summed E-state index contributed by atoms with van der Waals surface area (Å²) in [7, 11) is 1.36. The second-order valence-electron chi connectivity index (χ2n) is 5.58. The first kappa shape index (κ1) is 17.4. The average molecular weight is 356 g/mol. The van der Waals surface area contributed by atoms with Crippen LogP contribution in [0.2, 0.25) is 0 Å². The number of benzene rings is 2. The van der Waals surface area contributed by atoms with Crippen LogP contribution in [0.25, 0.3) is 0 Å². The molecule has 0 bridgehead atoms. The molecular weight excluding hydrogens is 339 g/mol. The van der Waals surface area contributed by atoms with E-state index in [4.69, 9.17) is 4.74 Å². The number of nitrogens with zero attached hydrogens (tertiary/aromatic N) is 2. The maximum Gasteiger partial charge on any atom is 0.292 e. The third kappa shape index (κ3) is 3.49. The number of hydrogen-bond acceptors (Lipinski definition) is 5. The maximum absolute atomic E-state index is 13.8. The molecule has 0 aliphatic carbocycles. The van der Waals surface area contributed by atoms with Crippen LogP contribution < -0.4 is 20.5 Å². The number of rotatable bonds is 4. The van der Waals surface area contributed by atoms with E-state index in [-0.39, 0.29) is 23.2 Å². The topological polar surface area (TPSA) is 83.0 Å². The van der Waals surface area contributed by atoms with Crippen LogP contribution in [0.5, 0.6) is 5.75 Å². The zero-order valence-electron chi connectivity index (χ0n) is 14.2. The molecule has 8 heteroatoms. The van der Waals surface area contributed by atoms with E-state index in [0.717, 1.165) is 6.07 Å². The Bertz CT molecular complexity index is 870. The number of hydrogen-bond donors (Lipinski definition) is 2. The molecule has 0 radical (unpaired) electrons. The van der Waals surface area contributed by atoms with E-state index >= 15 is 0 Å². The van der Waals surface area contributed by atoms with Gasteiger partial charge in [0.1, 0.15) is 6.04 Å². The van der Waals surface area contributed by atoms with Gasteiger partial charge in [0.2, 0.25) is 5.84 Å². The monoisotopic (exact) mass is 356 g/mol. The van der Waals surface area contributed by atoms with Gasteiger partial charge in [-0.15, -0.1) is 0 Å². The molecule has 1 atom stereocenters. The molecule has 26 heavy (non-hydrogen) atoms. The summed E-state index contributed by atoms with van der Waals surface area (Å²) in [6, 6.07) is 12.2. The van der Waals surface area contributed by atoms with Crippen molar-refractivity contribution in [2.24, 2.45) is 4.99 Å². The SMILES string of the molecule is COc1ccc(NC(=O)C2=NC(C)C(=O)N(c3ccccc3)N2)cc1F. The van der Waals surface area contributed by atoms with Crippen molar-refractivity contribution in [3.63, 3.8) is 0 Å². The Kier molecular flexibility index (Phi) is 4.83. The van der Waals surface area contributed by atoms with Crippen molar-refractivity contribution in [3.8, 4) is 5.75 Å². The zero-order valence-corrected chi connectivity index (χ0v) is 14.2. The zero-order chi connectivity index (χ0) is 18.7. The van der Waals surface area contributed by atoms with E-state index < -0.39 is 17.8 Å². The van der Waals surface area contributed by atoms with Gasteiger partial charge in [0.25, 0.3) is 11.8 Å². The molecule has 1 unspecified atom stereocenters. The Hall–Kier alpha value is -3.42. The van der Waals surface area contributed by atoms with E-state index in [0.29, 0.717) is 5.69 Å². The number of carbonyl (C=O) groups is 2. The molecule has 2 aromatic carbocycles. The van der Waals surface area contributed by atoms with E-state index in [9.17, 15) is 14.0 Å². The molecule has 0 spiro atoms. The van der Waals surface area contributed by atoms with Crippen molar-refractivity contribution in [2.75, 3.05) is 17.4 Å². The quantitative estimate of drug-likeness (QED) is 0.879. The van der Waals surface area contributed by atoms with Crippen LogP contribution in [-0.4, -0.2) is 30.8 Å². The van der Waals surface area contributed by atoms with Gasteiger partial charge >= 0.3 is 0 Å². The fourth-order valence-electron chi connectivity index (χ4n) is 2.44. The largest absolute Gasteiger partial charge is 0.494 e. The fourth-order valence-corrected chi connectivity index (χ4v) is 2.44. The predicted molar refractivity (Wildman–Crippen MR) is 95.5 cm³/mol. The van der Waals surface area contributed by atoms with Crippen molar-refractivity contribution in [3.05, 3.63) is 54.3 Å². The lowest BCUT2D eigenvalue weighted by atomic mass is 10.2. The Labute approximate surface area is 149 Å². The van der Waals surface area contributed by atoms with Gasteiger partial charge in [-0.25, -0.2) is 14.4 Å². The van der Waals surface area contributed by atoms with E-state index in [1.165, 1.54) is 24.3 Å². The van der Waals surface area contributed by atoms with Gasteiger partial charge in [-0.3, -0.25) is 15.0 Å². The van der Waals surface area contributed by atoms with Gasteiger partial charge in [-0.2, -0.15) is 0 Å². The van der Waals surface area contributed by atoms with Crippen molar-refractivity contribution < 1.29 is 18.7 Å². The summed E-state index contributed by atoms with van der Waals surface area (Å²) in [6.07, 6.45) is 0.